The molecule has 6 nitrogen and oxygen atoms in total. The lowest BCUT2D eigenvalue weighted by molar-refractivity contribution is -0.139. The molecular weight excluding hydrogens is 400 g/mol. The molecule has 2 aromatic carbocycles. The summed E-state index contributed by atoms with van der Waals surface area (Å²) in [5, 5.41) is 6.13. The monoisotopic (exact) mass is 428 g/mol. The van der Waals surface area contributed by atoms with Gasteiger partial charge in [-0.05, 0) is 49.2 Å². The Kier molecular flexibility index (Phi) is 8.53. The lowest BCUT2D eigenvalue weighted by atomic mass is 10.1. The fraction of sp³-hybridized carbons (Fsp3) is 0.391. The van der Waals surface area contributed by atoms with Crippen LogP contribution in [0.15, 0.2) is 54.6 Å². The average Bonchev–Trinajstić information content (AvgIpc) is 2.78. The molecule has 1 aliphatic rings. The molecule has 1 fully saturated rings. The van der Waals surface area contributed by atoms with E-state index in [0.717, 1.165) is 49.7 Å². The predicted octanol–water partition coefficient (Wildman–Crippen LogP) is 2.33. The van der Waals surface area contributed by atoms with Crippen molar-refractivity contribution in [2.75, 3.05) is 50.7 Å². The summed E-state index contributed by atoms with van der Waals surface area (Å²) >= 11 is 5.96. The first kappa shape index (κ1) is 22.1. The van der Waals surface area contributed by atoms with Crippen molar-refractivity contribution in [1.29, 1.82) is 0 Å². The van der Waals surface area contributed by atoms with Crippen LogP contribution in [0.4, 0.5) is 5.69 Å². The van der Waals surface area contributed by atoms with Crippen LogP contribution in [-0.4, -0.2) is 62.5 Å². The highest BCUT2D eigenvalue weighted by atomic mass is 35.5. The summed E-state index contributed by atoms with van der Waals surface area (Å²) in [6, 6.07) is 17.8. The minimum Gasteiger partial charge on any atom is -0.369 e. The molecule has 0 saturated carbocycles. The molecular formula is C23H29ClN4O2. The second kappa shape index (κ2) is 11.6. The minimum absolute atomic E-state index is 0.453. The molecule has 2 N–H and O–H groups in total. The van der Waals surface area contributed by atoms with Gasteiger partial charge in [-0.1, -0.05) is 41.9 Å². The smallest absolute Gasteiger partial charge is 0.309 e. The van der Waals surface area contributed by atoms with Crippen molar-refractivity contribution >= 4 is 29.1 Å². The number of benzene rings is 2. The van der Waals surface area contributed by atoms with Gasteiger partial charge in [-0.15, -0.1) is 0 Å². The number of carbonyl (C=O) groups excluding carboxylic acids is 2. The number of hydrogen-bond donors (Lipinski definition) is 2. The number of carbonyl (C=O) groups is 2. The van der Waals surface area contributed by atoms with Crippen LogP contribution >= 0.6 is 11.6 Å². The molecule has 160 valence electrons. The minimum atomic E-state index is -0.567. The molecule has 0 atom stereocenters. The quantitative estimate of drug-likeness (QED) is 0.500. The summed E-state index contributed by atoms with van der Waals surface area (Å²) in [5.74, 6) is -1.13. The third-order valence-electron chi connectivity index (χ3n) is 5.25. The topological polar surface area (TPSA) is 64.7 Å². The van der Waals surface area contributed by atoms with E-state index in [0.29, 0.717) is 19.5 Å². The van der Waals surface area contributed by atoms with Crippen LogP contribution in [0.5, 0.6) is 0 Å². The summed E-state index contributed by atoms with van der Waals surface area (Å²) in [7, 11) is 0. The molecule has 2 aromatic rings. The fourth-order valence-corrected chi connectivity index (χ4v) is 3.64. The van der Waals surface area contributed by atoms with Crippen LogP contribution in [0.2, 0.25) is 5.02 Å². The lowest BCUT2D eigenvalue weighted by Crippen LogP contribution is -2.47. The number of amides is 2. The summed E-state index contributed by atoms with van der Waals surface area (Å²) in [5.41, 5.74) is 2.33. The van der Waals surface area contributed by atoms with Crippen molar-refractivity contribution in [3.05, 3.63) is 65.2 Å². The molecule has 0 aliphatic carbocycles. The number of hydrogen-bond acceptors (Lipinski definition) is 4. The van der Waals surface area contributed by atoms with Crippen LogP contribution in [0.1, 0.15) is 12.0 Å². The van der Waals surface area contributed by atoms with Gasteiger partial charge in [0.1, 0.15) is 0 Å². The number of anilines is 1. The van der Waals surface area contributed by atoms with Gasteiger partial charge in [0.15, 0.2) is 0 Å². The number of rotatable bonds is 8. The van der Waals surface area contributed by atoms with E-state index in [1.165, 1.54) is 5.69 Å². The van der Waals surface area contributed by atoms with Crippen LogP contribution in [0, 0.1) is 0 Å². The Hall–Kier alpha value is -2.57. The van der Waals surface area contributed by atoms with Gasteiger partial charge in [0.25, 0.3) is 0 Å². The largest absolute Gasteiger partial charge is 0.369 e. The second-order valence-electron chi connectivity index (χ2n) is 7.41. The Morgan fingerprint density at radius 1 is 0.833 bits per heavy atom. The van der Waals surface area contributed by atoms with Crippen molar-refractivity contribution in [1.82, 2.24) is 15.5 Å². The highest BCUT2D eigenvalue weighted by Crippen LogP contribution is 2.19. The van der Waals surface area contributed by atoms with Gasteiger partial charge in [0.05, 0.1) is 0 Å². The molecule has 2 amide bonds. The molecule has 1 aliphatic heterocycles. The van der Waals surface area contributed by atoms with Crippen LogP contribution in [0.25, 0.3) is 0 Å². The molecule has 7 heteroatoms. The Morgan fingerprint density at radius 2 is 1.47 bits per heavy atom. The summed E-state index contributed by atoms with van der Waals surface area (Å²) in [4.78, 5) is 28.5. The molecule has 0 spiro atoms. The van der Waals surface area contributed by atoms with Crippen LogP contribution in [0.3, 0.4) is 0 Å². The standard InChI is InChI=1S/C23H29ClN4O2/c24-20-7-9-21(10-8-20)28-17-15-27(16-18-28)14-4-12-25-22(29)23(30)26-13-11-19-5-2-1-3-6-19/h1-3,5-10H,4,11-18H2,(H,25,29)(H,26,30). The van der Waals surface area contributed by atoms with Gasteiger partial charge in [0.2, 0.25) is 0 Å². The summed E-state index contributed by atoms with van der Waals surface area (Å²) in [6.07, 6.45) is 1.53. The third kappa shape index (κ3) is 7.04. The van der Waals surface area contributed by atoms with E-state index in [9.17, 15) is 9.59 Å². The van der Waals surface area contributed by atoms with E-state index >= 15 is 0 Å². The Labute approximate surface area is 183 Å². The zero-order valence-corrected chi connectivity index (χ0v) is 17.9. The molecule has 0 bridgehead atoms. The third-order valence-corrected chi connectivity index (χ3v) is 5.50. The molecule has 1 saturated heterocycles. The molecule has 3 rings (SSSR count). The van der Waals surface area contributed by atoms with Crippen LogP contribution in [-0.2, 0) is 16.0 Å². The Morgan fingerprint density at radius 3 is 2.13 bits per heavy atom. The first-order chi connectivity index (χ1) is 14.6. The van der Waals surface area contributed by atoms with Gasteiger partial charge in [0, 0.05) is 50.0 Å². The number of nitrogens with one attached hydrogen (secondary N) is 2. The number of nitrogens with zero attached hydrogens (tertiary/aromatic N) is 2. The first-order valence-corrected chi connectivity index (χ1v) is 10.8. The molecule has 1 heterocycles. The van der Waals surface area contributed by atoms with E-state index in [2.05, 4.69) is 32.6 Å². The van der Waals surface area contributed by atoms with Crippen molar-refractivity contribution in [3.63, 3.8) is 0 Å². The van der Waals surface area contributed by atoms with Gasteiger partial charge in [-0.25, -0.2) is 0 Å². The van der Waals surface area contributed by atoms with Gasteiger partial charge in [-0.3, -0.25) is 14.5 Å². The predicted molar refractivity (Wildman–Crippen MR) is 121 cm³/mol. The normalized spacial score (nSPS) is 14.4. The van der Waals surface area contributed by atoms with Gasteiger partial charge in [-0.2, -0.15) is 0 Å². The highest BCUT2D eigenvalue weighted by Gasteiger charge is 2.17. The van der Waals surface area contributed by atoms with Crippen molar-refractivity contribution < 1.29 is 9.59 Å². The maximum absolute atomic E-state index is 11.9. The van der Waals surface area contributed by atoms with Crippen molar-refractivity contribution in [3.8, 4) is 0 Å². The SMILES string of the molecule is O=C(NCCCN1CCN(c2ccc(Cl)cc2)CC1)C(=O)NCCc1ccccc1. The van der Waals surface area contributed by atoms with E-state index in [-0.39, 0.29) is 0 Å². The summed E-state index contributed by atoms with van der Waals surface area (Å²) in [6.45, 7) is 5.77. The van der Waals surface area contributed by atoms with Gasteiger partial charge >= 0.3 is 11.8 Å². The van der Waals surface area contributed by atoms with E-state index in [1.54, 1.807) is 0 Å². The fourth-order valence-electron chi connectivity index (χ4n) is 3.51. The van der Waals surface area contributed by atoms with Crippen LogP contribution < -0.4 is 15.5 Å². The van der Waals surface area contributed by atoms with Crippen molar-refractivity contribution in [2.45, 2.75) is 12.8 Å². The maximum Gasteiger partial charge on any atom is 0.309 e. The van der Waals surface area contributed by atoms with E-state index in [4.69, 9.17) is 11.6 Å². The zero-order chi connectivity index (χ0) is 21.2. The Balaban J connectivity index is 1.25. The molecule has 0 aromatic heterocycles. The number of halogens is 1. The molecule has 0 radical (unpaired) electrons. The molecule has 30 heavy (non-hydrogen) atoms. The Bertz CT molecular complexity index is 806. The van der Waals surface area contributed by atoms with E-state index < -0.39 is 11.8 Å². The second-order valence-corrected chi connectivity index (χ2v) is 7.84. The zero-order valence-electron chi connectivity index (χ0n) is 17.1. The maximum atomic E-state index is 11.9. The average molecular weight is 429 g/mol. The van der Waals surface area contributed by atoms with Gasteiger partial charge < -0.3 is 15.5 Å². The van der Waals surface area contributed by atoms with Crippen molar-refractivity contribution in [2.24, 2.45) is 0 Å². The first-order valence-electron chi connectivity index (χ1n) is 10.4. The number of piperazine rings is 1. The molecule has 0 unspecified atom stereocenters. The van der Waals surface area contributed by atoms with E-state index in [1.807, 2.05) is 42.5 Å². The lowest BCUT2D eigenvalue weighted by Gasteiger charge is -2.36. The summed E-state index contributed by atoms with van der Waals surface area (Å²) < 4.78 is 0. The highest BCUT2D eigenvalue weighted by molar-refractivity contribution is 6.35.